The van der Waals surface area contributed by atoms with E-state index in [1.807, 2.05) is 13.0 Å². The minimum absolute atomic E-state index is 0.217. The molecule has 3 rings (SSSR count). The minimum atomic E-state index is -0.793. The van der Waals surface area contributed by atoms with Crippen molar-refractivity contribution < 1.29 is 19.1 Å². The summed E-state index contributed by atoms with van der Waals surface area (Å²) in [6.07, 6.45) is 5.91. The molecule has 0 unspecified atom stereocenters. The van der Waals surface area contributed by atoms with Crippen LogP contribution in [0.2, 0.25) is 0 Å². The highest BCUT2D eigenvalue weighted by molar-refractivity contribution is 5.92. The van der Waals surface area contributed by atoms with Gasteiger partial charge in [0.05, 0.1) is 5.92 Å². The number of fused-ring (bicyclic) bond motifs is 2. The van der Waals surface area contributed by atoms with Gasteiger partial charge in [-0.05, 0) is 56.2 Å². The van der Waals surface area contributed by atoms with Crippen molar-refractivity contribution in [2.24, 2.45) is 17.8 Å². The highest BCUT2D eigenvalue weighted by atomic mass is 16.4. The van der Waals surface area contributed by atoms with Crippen molar-refractivity contribution in [1.82, 2.24) is 5.32 Å². The summed E-state index contributed by atoms with van der Waals surface area (Å²) in [4.78, 5) is 23.4. The normalized spacial score (nSPS) is 30.9. The average Bonchev–Trinajstić information content (AvgIpc) is 3.11. The number of rotatable bonds is 4. The second-order valence-corrected chi connectivity index (χ2v) is 6.01. The first-order valence-corrected chi connectivity index (χ1v) is 7.32. The van der Waals surface area contributed by atoms with E-state index in [4.69, 9.17) is 4.42 Å². The molecule has 2 aliphatic rings. The molecule has 2 fully saturated rings. The van der Waals surface area contributed by atoms with Crippen molar-refractivity contribution in [1.29, 1.82) is 0 Å². The van der Waals surface area contributed by atoms with E-state index < -0.39 is 11.9 Å². The Morgan fingerprint density at radius 2 is 2.10 bits per heavy atom. The van der Waals surface area contributed by atoms with Gasteiger partial charge in [0.1, 0.15) is 11.5 Å². The van der Waals surface area contributed by atoms with Crippen molar-refractivity contribution in [3.63, 3.8) is 0 Å². The Hall–Kier alpha value is -2.04. The first-order valence-electron chi connectivity index (χ1n) is 7.32. The van der Waals surface area contributed by atoms with Gasteiger partial charge in [-0.15, -0.1) is 0 Å². The fraction of sp³-hybridized carbons (Fsp3) is 0.500. The second-order valence-electron chi connectivity index (χ2n) is 6.01. The van der Waals surface area contributed by atoms with Gasteiger partial charge >= 0.3 is 5.97 Å². The van der Waals surface area contributed by atoms with Crippen molar-refractivity contribution >= 4 is 18.0 Å². The summed E-state index contributed by atoms with van der Waals surface area (Å²) in [5, 5.41) is 12.2. The number of furan rings is 1. The van der Waals surface area contributed by atoms with Crippen LogP contribution < -0.4 is 5.32 Å². The number of amides is 1. The number of hydrogen-bond donors (Lipinski definition) is 2. The highest BCUT2D eigenvalue weighted by Crippen LogP contribution is 2.48. The topological polar surface area (TPSA) is 79.5 Å². The Kier molecular flexibility index (Phi) is 3.57. The molecule has 2 aliphatic carbocycles. The SMILES string of the molecule is Cc1ccc(/C=C/C(=O)N[C@@H]2[C@H]3CC[C@@H](C3)[C@H]2C(=O)O)o1. The fourth-order valence-corrected chi connectivity index (χ4v) is 3.77. The molecule has 1 aromatic rings. The molecule has 0 aromatic carbocycles. The maximum absolute atomic E-state index is 12.0. The number of carbonyl (C=O) groups is 2. The molecule has 0 spiro atoms. The van der Waals surface area contributed by atoms with Gasteiger partial charge in [0.2, 0.25) is 5.91 Å². The molecule has 1 aromatic heterocycles. The third-order valence-electron chi connectivity index (χ3n) is 4.67. The summed E-state index contributed by atoms with van der Waals surface area (Å²) in [5.41, 5.74) is 0. The van der Waals surface area contributed by atoms with Crippen LogP contribution in [0.25, 0.3) is 6.08 Å². The summed E-state index contributed by atoms with van der Waals surface area (Å²) in [5.74, 6) is 0.436. The third kappa shape index (κ3) is 2.73. The Labute approximate surface area is 123 Å². The molecule has 2 N–H and O–H groups in total. The van der Waals surface area contributed by atoms with Crippen LogP contribution in [0.1, 0.15) is 30.8 Å². The molecule has 0 aliphatic heterocycles. The number of carboxylic acid groups (broad SMARTS) is 1. The fourth-order valence-electron chi connectivity index (χ4n) is 3.77. The van der Waals surface area contributed by atoms with Gasteiger partial charge in [-0.1, -0.05) is 0 Å². The van der Waals surface area contributed by atoms with Gasteiger partial charge < -0.3 is 14.8 Å². The molecule has 2 bridgehead atoms. The minimum Gasteiger partial charge on any atom is -0.481 e. The van der Waals surface area contributed by atoms with E-state index in [1.54, 1.807) is 12.1 Å². The first-order chi connectivity index (χ1) is 10.0. The van der Waals surface area contributed by atoms with Gasteiger partial charge in [0.15, 0.2) is 0 Å². The van der Waals surface area contributed by atoms with E-state index >= 15 is 0 Å². The van der Waals surface area contributed by atoms with E-state index in [0.717, 1.165) is 25.0 Å². The molecule has 2 saturated carbocycles. The van der Waals surface area contributed by atoms with Crippen molar-refractivity contribution in [2.45, 2.75) is 32.2 Å². The largest absolute Gasteiger partial charge is 0.481 e. The molecule has 112 valence electrons. The van der Waals surface area contributed by atoms with E-state index in [1.165, 1.54) is 6.08 Å². The number of hydrogen-bond acceptors (Lipinski definition) is 3. The molecule has 1 amide bonds. The van der Waals surface area contributed by atoms with Crippen LogP contribution in [0.3, 0.4) is 0 Å². The molecule has 5 nitrogen and oxygen atoms in total. The predicted molar refractivity (Wildman–Crippen MR) is 76.4 cm³/mol. The number of carboxylic acids is 1. The lowest BCUT2D eigenvalue weighted by Crippen LogP contribution is -2.46. The Morgan fingerprint density at radius 3 is 2.76 bits per heavy atom. The van der Waals surface area contributed by atoms with E-state index in [9.17, 15) is 14.7 Å². The Morgan fingerprint density at radius 1 is 1.33 bits per heavy atom. The molecule has 0 radical (unpaired) electrons. The number of carbonyl (C=O) groups excluding carboxylic acids is 1. The van der Waals surface area contributed by atoms with Crippen LogP contribution in [0.4, 0.5) is 0 Å². The van der Waals surface area contributed by atoms with Gasteiger partial charge in [-0.2, -0.15) is 0 Å². The zero-order chi connectivity index (χ0) is 15.0. The average molecular weight is 289 g/mol. The van der Waals surface area contributed by atoms with Crippen LogP contribution in [0.15, 0.2) is 22.6 Å². The lowest BCUT2D eigenvalue weighted by Gasteiger charge is -2.28. The van der Waals surface area contributed by atoms with Crippen LogP contribution >= 0.6 is 0 Å². The summed E-state index contributed by atoms with van der Waals surface area (Å²) in [6, 6.07) is 3.38. The van der Waals surface area contributed by atoms with Crippen LogP contribution in [0.5, 0.6) is 0 Å². The quantitative estimate of drug-likeness (QED) is 0.833. The number of aliphatic carboxylic acids is 1. The lowest BCUT2D eigenvalue weighted by atomic mass is 9.84. The molecule has 5 heteroatoms. The van der Waals surface area contributed by atoms with Gasteiger partial charge in [-0.3, -0.25) is 9.59 Å². The van der Waals surface area contributed by atoms with E-state index in [-0.39, 0.29) is 17.9 Å². The summed E-state index contributed by atoms with van der Waals surface area (Å²) in [6.45, 7) is 1.84. The highest BCUT2D eigenvalue weighted by Gasteiger charge is 2.51. The van der Waals surface area contributed by atoms with Gasteiger partial charge in [0, 0.05) is 12.1 Å². The standard InChI is InChI=1S/C16H19NO4/c1-9-2-5-12(21-9)6-7-13(18)17-15-11-4-3-10(8-11)14(15)16(19)20/h2,5-7,10-11,14-15H,3-4,8H2,1H3,(H,17,18)(H,19,20)/b7-6+/t10-,11-,14+,15+/m0/s1. The Balaban J connectivity index is 1.64. The molecule has 4 atom stereocenters. The zero-order valence-electron chi connectivity index (χ0n) is 11.9. The molecule has 1 heterocycles. The molecular formula is C16H19NO4. The van der Waals surface area contributed by atoms with E-state index in [2.05, 4.69) is 5.32 Å². The maximum atomic E-state index is 12.0. The van der Waals surface area contributed by atoms with Crippen LogP contribution in [-0.4, -0.2) is 23.0 Å². The summed E-state index contributed by atoms with van der Waals surface area (Å²) in [7, 11) is 0. The first kappa shape index (κ1) is 13.9. The summed E-state index contributed by atoms with van der Waals surface area (Å²) < 4.78 is 5.35. The van der Waals surface area contributed by atoms with Crippen molar-refractivity contribution in [2.75, 3.05) is 0 Å². The monoisotopic (exact) mass is 289 g/mol. The maximum Gasteiger partial charge on any atom is 0.308 e. The number of aryl methyl sites for hydroxylation is 1. The van der Waals surface area contributed by atoms with Crippen molar-refractivity contribution in [3.05, 3.63) is 29.7 Å². The second kappa shape index (κ2) is 5.39. The zero-order valence-corrected chi connectivity index (χ0v) is 11.9. The Bertz CT molecular complexity index is 589. The summed E-state index contributed by atoms with van der Waals surface area (Å²) >= 11 is 0. The molecule has 0 saturated heterocycles. The molecular weight excluding hydrogens is 270 g/mol. The lowest BCUT2D eigenvalue weighted by molar-refractivity contribution is -0.144. The van der Waals surface area contributed by atoms with Crippen molar-refractivity contribution in [3.8, 4) is 0 Å². The predicted octanol–water partition coefficient (Wildman–Crippen LogP) is 2.22. The smallest absolute Gasteiger partial charge is 0.308 e. The number of nitrogens with one attached hydrogen (secondary N) is 1. The molecule has 21 heavy (non-hydrogen) atoms. The van der Waals surface area contributed by atoms with Crippen LogP contribution in [-0.2, 0) is 9.59 Å². The van der Waals surface area contributed by atoms with Gasteiger partial charge in [-0.25, -0.2) is 0 Å². The van der Waals surface area contributed by atoms with Gasteiger partial charge in [0.25, 0.3) is 0 Å². The van der Waals surface area contributed by atoms with Crippen LogP contribution in [0, 0.1) is 24.7 Å². The van der Waals surface area contributed by atoms with E-state index in [0.29, 0.717) is 11.7 Å². The third-order valence-corrected chi connectivity index (χ3v) is 4.67.